The molecular formula is C27H34N4O3S. The number of amides is 1. The number of methoxy groups -OCH3 is 1. The van der Waals surface area contributed by atoms with E-state index in [0.29, 0.717) is 30.8 Å². The molecule has 1 N–H and O–H groups in total. The van der Waals surface area contributed by atoms with Gasteiger partial charge in [0, 0.05) is 69.7 Å². The Hall–Kier alpha value is -3.10. The number of hydrogen-bond donors (Lipinski definition) is 1. The Balaban J connectivity index is 1.51. The Morgan fingerprint density at radius 1 is 1.09 bits per heavy atom. The molecule has 0 spiro atoms. The predicted molar refractivity (Wildman–Crippen MR) is 142 cm³/mol. The van der Waals surface area contributed by atoms with Crippen LogP contribution in [0.2, 0.25) is 0 Å². The summed E-state index contributed by atoms with van der Waals surface area (Å²) in [7, 11) is 1.51. The third-order valence-corrected chi connectivity index (χ3v) is 7.37. The van der Waals surface area contributed by atoms with Crippen LogP contribution >= 0.6 is 11.3 Å². The summed E-state index contributed by atoms with van der Waals surface area (Å²) in [4.78, 5) is 30.7. The summed E-state index contributed by atoms with van der Waals surface area (Å²) in [6.45, 7) is 9.60. The molecule has 1 aliphatic rings. The van der Waals surface area contributed by atoms with Gasteiger partial charge >= 0.3 is 0 Å². The number of benzene rings is 1. The lowest BCUT2D eigenvalue weighted by molar-refractivity contribution is 0.0945. The minimum Gasteiger partial charge on any atom is -0.496 e. The first kappa shape index (κ1) is 25.0. The number of carbonyl (C=O) groups excluding carboxylic acids is 1. The van der Waals surface area contributed by atoms with Gasteiger partial charge in [0.1, 0.15) is 11.3 Å². The number of thiophene rings is 1. The van der Waals surface area contributed by atoms with E-state index in [2.05, 4.69) is 53.2 Å². The minimum atomic E-state index is -0.211. The van der Waals surface area contributed by atoms with Gasteiger partial charge in [-0.15, -0.1) is 0 Å². The van der Waals surface area contributed by atoms with Gasteiger partial charge in [-0.05, 0) is 53.9 Å². The maximum atomic E-state index is 13.2. The highest BCUT2D eigenvalue weighted by molar-refractivity contribution is 7.07. The maximum absolute atomic E-state index is 13.2. The molecule has 1 amide bonds. The van der Waals surface area contributed by atoms with Gasteiger partial charge in [0.05, 0.1) is 7.11 Å². The van der Waals surface area contributed by atoms with Gasteiger partial charge in [-0.1, -0.05) is 12.1 Å². The quantitative estimate of drug-likeness (QED) is 0.491. The van der Waals surface area contributed by atoms with E-state index in [-0.39, 0.29) is 11.5 Å². The van der Waals surface area contributed by atoms with Gasteiger partial charge in [-0.2, -0.15) is 11.3 Å². The van der Waals surface area contributed by atoms with E-state index < -0.39 is 0 Å². The molecule has 0 fully saturated rings. The Morgan fingerprint density at radius 3 is 2.51 bits per heavy atom. The molecule has 0 aliphatic carbocycles. The number of nitrogens with zero attached hydrogens (tertiary/aromatic N) is 3. The second kappa shape index (κ2) is 11.6. The van der Waals surface area contributed by atoms with Crippen LogP contribution in [0.1, 0.15) is 41.0 Å². The van der Waals surface area contributed by atoms with Crippen molar-refractivity contribution in [2.75, 3.05) is 38.2 Å². The summed E-state index contributed by atoms with van der Waals surface area (Å²) in [6, 6.07) is 12.2. The van der Waals surface area contributed by atoms with Crippen LogP contribution in [0.25, 0.3) is 0 Å². The average molecular weight is 495 g/mol. The van der Waals surface area contributed by atoms with Crippen molar-refractivity contribution in [2.45, 2.75) is 39.9 Å². The minimum absolute atomic E-state index is 0.128. The van der Waals surface area contributed by atoms with Gasteiger partial charge in [0.15, 0.2) is 0 Å². The van der Waals surface area contributed by atoms with Crippen molar-refractivity contribution in [2.24, 2.45) is 0 Å². The number of nitrogens with one attached hydrogen (secondary N) is 1. The van der Waals surface area contributed by atoms with E-state index in [4.69, 9.17) is 4.74 Å². The zero-order valence-electron chi connectivity index (χ0n) is 20.8. The van der Waals surface area contributed by atoms with Crippen LogP contribution in [0, 0.1) is 0 Å². The summed E-state index contributed by atoms with van der Waals surface area (Å²) in [5, 5.41) is 7.00. The van der Waals surface area contributed by atoms with Crippen LogP contribution in [0.3, 0.4) is 0 Å². The number of aromatic nitrogens is 1. The van der Waals surface area contributed by atoms with Crippen LogP contribution in [-0.2, 0) is 26.1 Å². The highest BCUT2D eigenvalue weighted by atomic mass is 32.1. The lowest BCUT2D eigenvalue weighted by atomic mass is 10.1. The number of fused-ring (bicyclic) bond motifs is 1. The zero-order chi connectivity index (χ0) is 24.8. The van der Waals surface area contributed by atoms with E-state index in [1.807, 2.05) is 16.8 Å². The van der Waals surface area contributed by atoms with Crippen LogP contribution < -0.4 is 20.5 Å². The van der Waals surface area contributed by atoms with Crippen LogP contribution in [-0.4, -0.2) is 48.7 Å². The van der Waals surface area contributed by atoms with E-state index >= 15 is 0 Å². The van der Waals surface area contributed by atoms with Crippen molar-refractivity contribution in [3.05, 3.63) is 79.9 Å². The van der Waals surface area contributed by atoms with Crippen molar-refractivity contribution in [3.8, 4) is 5.75 Å². The van der Waals surface area contributed by atoms with Gasteiger partial charge in [-0.3, -0.25) is 14.5 Å². The Morgan fingerprint density at radius 2 is 1.86 bits per heavy atom. The van der Waals surface area contributed by atoms with Crippen molar-refractivity contribution in [1.29, 1.82) is 0 Å². The number of pyridine rings is 1. The fraction of sp³-hybridized carbons (Fsp3) is 0.407. The molecule has 35 heavy (non-hydrogen) atoms. The molecule has 2 aromatic heterocycles. The lowest BCUT2D eigenvalue weighted by Gasteiger charge is -2.22. The highest BCUT2D eigenvalue weighted by Crippen LogP contribution is 2.24. The molecule has 3 aromatic rings. The average Bonchev–Trinajstić information content (AvgIpc) is 3.31. The molecule has 4 rings (SSSR count). The highest BCUT2D eigenvalue weighted by Gasteiger charge is 2.25. The normalized spacial score (nSPS) is 13.7. The third-order valence-electron chi connectivity index (χ3n) is 6.64. The topological polar surface area (TPSA) is 66.8 Å². The number of ether oxygens (including phenoxy) is 1. The largest absolute Gasteiger partial charge is 0.496 e. The SMILES string of the molecule is CCN(CC)c1ccc(CN2CCc3c(C(=O)NCc4ccsc4)c(OC)cc(=O)n3CC2)cc1. The molecule has 7 nitrogen and oxygen atoms in total. The van der Waals surface area contributed by atoms with E-state index in [0.717, 1.165) is 44.0 Å². The smallest absolute Gasteiger partial charge is 0.257 e. The Kier molecular flexibility index (Phi) is 8.25. The molecule has 1 aliphatic heterocycles. The molecule has 0 bridgehead atoms. The summed E-state index contributed by atoms with van der Waals surface area (Å²) in [6.07, 6.45) is 0.602. The lowest BCUT2D eigenvalue weighted by Crippen LogP contribution is -2.31. The molecule has 8 heteroatoms. The van der Waals surface area contributed by atoms with Crippen LogP contribution in [0.15, 0.2) is 52.0 Å². The van der Waals surface area contributed by atoms with Gasteiger partial charge in [0.25, 0.3) is 11.5 Å². The van der Waals surface area contributed by atoms with E-state index in [9.17, 15) is 9.59 Å². The number of hydrogen-bond acceptors (Lipinski definition) is 6. The van der Waals surface area contributed by atoms with Gasteiger partial charge < -0.3 is 19.5 Å². The Bertz CT molecular complexity index is 1180. The van der Waals surface area contributed by atoms with Crippen molar-refractivity contribution in [1.82, 2.24) is 14.8 Å². The first-order chi connectivity index (χ1) is 17.0. The van der Waals surface area contributed by atoms with Crippen molar-refractivity contribution in [3.63, 3.8) is 0 Å². The van der Waals surface area contributed by atoms with Crippen LogP contribution in [0.5, 0.6) is 5.75 Å². The summed E-state index contributed by atoms with van der Waals surface area (Å²) in [5.74, 6) is 0.127. The molecule has 1 aromatic carbocycles. The maximum Gasteiger partial charge on any atom is 0.257 e. The third kappa shape index (κ3) is 5.77. The molecule has 186 valence electrons. The summed E-state index contributed by atoms with van der Waals surface area (Å²) in [5.41, 5.74) is 4.62. The molecular weight excluding hydrogens is 460 g/mol. The first-order valence-corrected chi connectivity index (χ1v) is 13.1. The monoisotopic (exact) mass is 494 g/mol. The molecule has 0 unspecified atom stereocenters. The second-order valence-electron chi connectivity index (χ2n) is 8.70. The van der Waals surface area contributed by atoms with Crippen molar-refractivity contribution < 1.29 is 9.53 Å². The van der Waals surface area contributed by atoms with Crippen LogP contribution in [0.4, 0.5) is 5.69 Å². The second-order valence-corrected chi connectivity index (χ2v) is 9.48. The standard InChI is InChI=1S/C27H34N4O3S/c1-4-30(5-2)22-8-6-20(7-9-22)18-29-12-10-23-26(27(33)28-17-21-11-15-35-19-21)24(34-3)16-25(32)31(23)14-13-29/h6-9,11,15-16,19H,4-5,10,12-14,17-18H2,1-3H3,(H,28,33). The molecule has 0 radical (unpaired) electrons. The number of rotatable bonds is 9. The summed E-state index contributed by atoms with van der Waals surface area (Å²) < 4.78 is 7.21. The molecule has 0 saturated carbocycles. The predicted octanol–water partition coefficient (Wildman–Crippen LogP) is 3.75. The van der Waals surface area contributed by atoms with Gasteiger partial charge in [0.2, 0.25) is 0 Å². The summed E-state index contributed by atoms with van der Waals surface area (Å²) >= 11 is 1.60. The zero-order valence-corrected chi connectivity index (χ0v) is 21.6. The van der Waals surface area contributed by atoms with E-state index in [1.165, 1.54) is 24.4 Å². The molecule has 0 saturated heterocycles. The molecule has 0 atom stereocenters. The Labute approximate surface area is 210 Å². The number of carbonyl (C=O) groups is 1. The van der Waals surface area contributed by atoms with Gasteiger partial charge in [-0.25, -0.2) is 0 Å². The first-order valence-electron chi connectivity index (χ1n) is 12.2. The number of anilines is 1. The molecule has 3 heterocycles. The fourth-order valence-electron chi connectivity index (χ4n) is 4.68. The fourth-order valence-corrected chi connectivity index (χ4v) is 5.35. The van der Waals surface area contributed by atoms with E-state index in [1.54, 1.807) is 15.9 Å². The van der Waals surface area contributed by atoms with Crippen molar-refractivity contribution >= 4 is 22.9 Å².